The fraction of sp³-hybridized carbons (Fsp3) is 0.250. The fourth-order valence-corrected chi connectivity index (χ4v) is 1.13. The highest BCUT2D eigenvalue weighted by Crippen LogP contribution is 2.20. The Hall–Kier alpha value is -2.07. The van der Waals surface area contributed by atoms with E-state index in [-0.39, 0.29) is 12.2 Å². The highest BCUT2D eigenvalue weighted by molar-refractivity contribution is 5.42. The first-order valence-electron chi connectivity index (χ1n) is 3.90. The van der Waals surface area contributed by atoms with Crippen LogP contribution in [0, 0.1) is 17.0 Å². The van der Waals surface area contributed by atoms with Gasteiger partial charge in [-0.25, -0.2) is 0 Å². The first kappa shape index (κ1) is 10.0. The third-order valence-electron chi connectivity index (χ3n) is 1.74. The average Bonchev–Trinajstić information content (AvgIpc) is 2.14. The van der Waals surface area contributed by atoms with Crippen LogP contribution in [-0.4, -0.2) is 4.92 Å². The molecule has 6 heteroatoms. The Bertz CT molecular complexity index is 410. The summed E-state index contributed by atoms with van der Waals surface area (Å²) in [6.07, 6.45) is 0. The summed E-state index contributed by atoms with van der Waals surface area (Å²) in [7, 11) is 0. The molecule has 1 rings (SSSR count). The molecule has 6 nitrogen and oxygen atoms in total. The molecule has 0 bridgehead atoms. The van der Waals surface area contributed by atoms with E-state index in [0.717, 1.165) is 5.56 Å². The number of hydrogen-bond donors (Lipinski definition) is 0. The maximum atomic E-state index is 10.6. The highest BCUT2D eigenvalue weighted by atomic mass is 16.6. The van der Waals surface area contributed by atoms with Gasteiger partial charge in [0.1, 0.15) is 0 Å². The number of nitro benzene ring substituents is 1. The van der Waals surface area contributed by atoms with Crippen molar-refractivity contribution in [2.75, 3.05) is 0 Å². The van der Waals surface area contributed by atoms with Crippen LogP contribution in [0.25, 0.3) is 10.4 Å². The van der Waals surface area contributed by atoms with Crippen molar-refractivity contribution >= 4 is 5.69 Å². The Kier molecular flexibility index (Phi) is 3.04. The topological polar surface area (TPSA) is 91.9 Å². The van der Waals surface area contributed by atoms with Crippen LogP contribution in [0.5, 0.6) is 0 Å². The molecule has 0 saturated heterocycles. The van der Waals surface area contributed by atoms with E-state index in [9.17, 15) is 10.1 Å². The lowest BCUT2D eigenvalue weighted by Crippen LogP contribution is -1.94. The molecule has 14 heavy (non-hydrogen) atoms. The van der Waals surface area contributed by atoms with Gasteiger partial charge in [-0.1, -0.05) is 16.7 Å². The van der Waals surface area contributed by atoms with E-state index >= 15 is 0 Å². The van der Waals surface area contributed by atoms with Gasteiger partial charge in [0.05, 0.1) is 11.5 Å². The third kappa shape index (κ3) is 2.21. The lowest BCUT2D eigenvalue weighted by atomic mass is 10.1. The molecule has 0 radical (unpaired) electrons. The van der Waals surface area contributed by atoms with Crippen molar-refractivity contribution in [1.29, 1.82) is 0 Å². The summed E-state index contributed by atoms with van der Waals surface area (Å²) in [5.74, 6) is 0. The number of benzene rings is 1. The van der Waals surface area contributed by atoms with Crippen LogP contribution < -0.4 is 0 Å². The zero-order valence-electron chi connectivity index (χ0n) is 7.54. The van der Waals surface area contributed by atoms with Gasteiger partial charge in [-0.3, -0.25) is 10.1 Å². The molecule has 0 N–H and O–H groups in total. The molecular weight excluding hydrogens is 184 g/mol. The van der Waals surface area contributed by atoms with Gasteiger partial charge in [0.25, 0.3) is 5.69 Å². The van der Waals surface area contributed by atoms with E-state index in [1.165, 1.54) is 6.07 Å². The van der Waals surface area contributed by atoms with E-state index in [1.807, 2.05) is 6.92 Å². The van der Waals surface area contributed by atoms with Gasteiger partial charge in [0.15, 0.2) is 0 Å². The Morgan fingerprint density at radius 1 is 1.64 bits per heavy atom. The van der Waals surface area contributed by atoms with Gasteiger partial charge in [0.2, 0.25) is 0 Å². The Morgan fingerprint density at radius 3 is 2.93 bits per heavy atom. The number of rotatable bonds is 3. The molecule has 0 unspecified atom stereocenters. The minimum Gasteiger partial charge on any atom is -0.258 e. The Labute approximate surface area is 79.9 Å². The number of aryl methyl sites for hydroxylation is 1. The number of azide groups is 1. The molecule has 0 spiro atoms. The van der Waals surface area contributed by atoms with Crippen molar-refractivity contribution in [3.8, 4) is 0 Å². The maximum absolute atomic E-state index is 10.6. The van der Waals surface area contributed by atoms with Crippen LogP contribution in [0.15, 0.2) is 23.3 Å². The smallest absolute Gasteiger partial charge is 0.258 e. The summed E-state index contributed by atoms with van der Waals surface area (Å²) in [5.41, 5.74) is 9.44. The quantitative estimate of drug-likeness (QED) is 0.242. The molecule has 0 aliphatic heterocycles. The second-order valence-electron chi connectivity index (χ2n) is 2.78. The van der Waals surface area contributed by atoms with Crippen molar-refractivity contribution in [2.24, 2.45) is 5.11 Å². The van der Waals surface area contributed by atoms with Gasteiger partial charge in [0, 0.05) is 16.5 Å². The molecule has 0 heterocycles. The van der Waals surface area contributed by atoms with Gasteiger partial charge in [-0.05, 0) is 18.5 Å². The summed E-state index contributed by atoms with van der Waals surface area (Å²) >= 11 is 0. The molecule has 0 aliphatic carbocycles. The SMILES string of the molecule is Cc1ccc([N+](=O)[O-])c(CN=[N+]=[N-])c1. The fourth-order valence-electron chi connectivity index (χ4n) is 1.13. The first-order valence-corrected chi connectivity index (χ1v) is 3.90. The molecule has 0 aliphatic rings. The standard InChI is InChI=1S/C8H8N4O2/c1-6-2-3-8(12(13)14)7(4-6)5-10-11-9/h2-4H,5H2,1H3. The van der Waals surface area contributed by atoms with Gasteiger partial charge >= 0.3 is 0 Å². The summed E-state index contributed by atoms with van der Waals surface area (Å²) in [5, 5.41) is 13.9. The van der Waals surface area contributed by atoms with Crippen LogP contribution in [0.3, 0.4) is 0 Å². The van der Waals surface area contributed by atoms with E-state index in [0.29, 0.717) is 5.56 Å². The second kappa shape index (κ2) is 4.25. The van der Waals surface area contributed by atoms with Crippen molar-refractivity contribution in [3.63, 3.8) is 0 Å². The van der Waals surface area contributed by atoms with Crippen molar-refractivity contribution in [1.82, 2.24) is 0 Å². The van der Waals surface area contributed by atoms with Crippen LogP contribution in [0.4, 0.5) is 5.69 Å². The van der Waals surface area contributed by atoms with E-state index < -0.39 is 4.92 Å². The predicted octanol–water partition coefficient (Wildman–Crippen LogP) is 2.71. The van der Waals surface area contributed by atoms with Gasteiger partial charge in [-0.2, -0.15) is 0 Å². The third-order valence-corrected chi connectivity index (χ3v) is 1.74. The van der Waals surface area contributed by atoms with Crippen LogP contribution in [0.1, 0.15) is 11.1 Å². The van der Waals surface area contributed by atoms with E-state index in [4.69, 9.17) is 5.53 Å². The lowest BCUT2D eigenvalue weighted by molar-refractivity contribution is -0.385. The molecule has 1 aromatic carbocycles. The zero-order valence-corrected chi connectivity index (χ0v) is 7.54. The van der Waals surface area contributed by atoms with Crippen molar-refractivity contribution in [3.05, 3.63) is 49.9 Å². The molecule has 0 amide bonds. The summed E-state index contributed by atoms with van der Waals surface area (Å²) in [6.45, 7) is 1.83. The minimum atomic E-state index is -0.484. The van der Waals surface area contributed by atoms with Gasteiger partial charge in [-0.15, -0.1) is 0 Å². The molecule has 0 saturated carbocycles. The largest absolute Gasteiger partial charge is 0.272 e. The van der Waals surface area contributed by atoms with E-state index in [1.54, 1.807) is 12.1 Å². The maximum Gasteiger partial charge on any atom is 0.272 e. The lowest BCUT2D eigenvalue weighted by Gasteiger charge is -1.99. The molecule has 0 atom stereocenters. The first-order chi connectivity index (χ1) is 6.65. The highest BCUT2D eigenvalue weighted by Gasteiger charge is 2.11. The average molecular weight is 192 g/mol. The molecule has 1 aromatic rings. The Balaban J connectivity index is 3.15. The normalized spacial score (nSPS) is 9.21. The van der Waals surface area contributed by atoms with E-state index in [2.05, 4.69) is 10.0 Å². The zero-order chi connectivity index (χ0) is 10.6. The molecule has 0 aromatic heterocycles. The van der Waals surface area contributed by atoms with Crippen molar-refractivity contribution in [2.45, 2.75) is 13.5 Å². The van der Waals surface area contributed by atoms with Gasteiger partial charge < -0.3 is 0 Å². The van der Waals surface area contributed by atoms with Crippen LogP contribution in [-0.2, 0) is 6.54 Å². The number of nitro groups is 1. The Morgan fingerprint density at radius 2 is 2.36 bits per heavy atom. The summed E-state index contributed by atoms with van der Waals surface area (Å²) < 4.78 is 0. The summed E-state index contributed by atoms with van der Waals surface area (Å²) in [4.78, 5) is 12.6. The van der Waals surface area contributed by atoms with Crippen LogP contribution >= 0.6 is 0 Å². The second-order valence-corrected chi connectivity index (χ2v) is 2.78. The number of hydrogen-bond acceptors (Lipinski definition) is 3. The molecule has 72 valence electrons. The number of nitrogens with zero attached hydrogens (tertiary/aromatic N) is 4. The van der Waals surface area contributed by atoms with Crippen LogP contribution in [0.2, 0.25) is 0 Å². The predicted molar refractivity (Wildman–Crippen MR) is 50.7 cm³/mol. The van der Waals surface area contributed by atoms with Crippen molar-refractivity contribution < 1.29 is 4.92 Å². The monoisotopic (exact) mass is 192 g/mol. The molecule has 0 fully saturated rings. The summed E-state index contributed by atoms with van der Waals surface area (Å²) in [6, 6.07) is 4.71. The molecular formula is C8H8N4O2. The minimum absolute atomic E-state index is 0.00843.